The monoisotopic (exact) mass is 352 g/mol. The summed E-state index contributed by atoms with van der Waals surface area (Å²) in [4.78, 5) is 23.6. The minimum absolute atomic E-state index is 0.00452. The first-order valence-electron chi connectivity index (χ1n) is 6.24. The van der Waals surface area contributed by atoms with Crippen molar-refractivity contribution in [2.45, 2.75) is 20.3 Å². The molecule has 7 heteroatoms. The van der Waals surface area contributed by atoms with E-state index < -0.39 is 11.9 Å². The van der Waals surface area contributed by atoms with Crippen LogP contribution in [0, 0.1) is 6.92 Å². The number of hydrogen-bond donors (Lipinski definition) is 2. The predicted molar refractivity (Wildman–Crippen MR) is 79.7 cm³/mol. The summed E-state index contributed by atoms with van der Waals surface area (Å²) in [5, 5.41) is 15.6. The van der Waals surface area contributed by atoms with Gasteiger partial charge in [-0.15, -0.1) is 0 Å². The van der Waals surface area contributed by atoms with Gasteiger partial charge in [-0.2, -0.15) is 0 Å². The van der Waals surface area contributed by atoms with Gasteiger partial charge in [-0.25, -0.2) is 4.79 Å². The van der Waals surface area contributed by atoms with E-state index in [9.17, 15) is 14.7 Å². The van der Waals surface area contributed by atoms with Crippen LogP contribution < -0.4 is 5.32 Å². The van der Waals surface area contributed by atoms with Crippen molar-refractivity contribution in [3.8, 4) is 0 Å². The van der Waals surface area contributed by atoms with Crippen molar-refractivity contribution in [1.82, 2.24) is 5.16 Å². The number of halogens is 1. The topological polar surface area (TPSA) is 92.4 Å². The maximum atomic E-state index is 12.4. The lowest BCUT2D eigenvalue weighted by Gasteiger charge is -2.10. The van der Waals surface area contributed by atoms with Gasteiger partial charge in [0, 0.05) is 4.47 Å². The van der Waals surface area contributed by atoms with Crippen molar-refractivity contribution in [3.63, 3.8) is 0 Å². The number of carbonyl (C=O) groups excluding carboxylic acids is 1. The molecular formula is C14H13BrN2O4. The number of anilines is 1. The fraction of sp³-hybridized carbons (Fsp3) is 0.214. The van der Waals surface area contributed by atoms with Gasteiger partial charge in [0.05, 0.1) is 16.9 Å². The number of rotatable bonds is 4. The first kappa shape index (κ1) is 15.2. The second-order valence-corrected chi connectivity index (χ2v) is 5.19. The van der Waals surface area contributed by atoms with Crippen LogP contribution in [-0.2, 0) is 6.42 Å². The van der Waals surface area contributed by atoms with Gasteiger partial charge in [-0.05, 0) is 41.4 Å². The Balaban J connectivity index is 2.41. The molecule has 110 valence electrons. The highest BCUT2D eigenvalue weighted by Gasteiger charge is 2.22. The zero-order chi connectivity index (χ0) is 15.6. The quantitative estimate of drug-likeness (QED) is 0.880. The van der Waals surface area contributed by atoms with E-state index in [1.165, 1.54) is 6.07 Å². The van der Waals surface area contributed by atoms with Crippen LogP contribution in [0.4, 0.5) is 5.69 Å². The Hall–Kier alpha value is -2.15. The van der Waals surface area contributed by atoms with Crippen LogP contribution >= 0.6 is 15.9 Å². The summed E-state index contributed by atoms with van der Waals surface area (Å²) in [6, 6.07) is 4.67. The van der Waals surface area contributed by atoms with E-state index in [4.69, 9.17) is 4.52 Å². The molecule has 0 radical (unpaired) electrons. The third-order valence-corrected chi connectivity index (χ3v) is 3.64. The molecule has 2 aromatic rings. The lowest BCUT2D eigenvalue weighted by Crippen LogP contribution is -2.17. The third kappa shape index (κ3) is 2.97. The number of aromatic nitrogens is 1. The molecule has 2 N–H and O–H groups in total. The number of carbonyl (C=O) groups is 2. The first-order valence-corrected chi connectivity index (χ1v) is 7.03. The van der Waals surface area contributed by atoms with E-state index in [1.807, 2.05) is 6.92 Å². The molecule has 1 heterocycles. The van der Waals surface area contributed by atoms with Gasteiger partial charge in [0.2, 0.25) is 0 Å². The first-order chi connectivity index (χ1) is 9.95. The normalized spacial score (nSPS) is 10.4. The fourth-order valence-electron chi connectivity index (χ4n) is 1.96. The van der Waals surface area contributed by atoms with Crippen LogP contribution in [0.15, 0.2) is 27.2 Å². The molecule has 0 unspecified atom stereocenters. The van der Waals surface area contributed by atoms with E-state index in [0.29, 0.717) is 27.9 Å². The second-order valence-electron chi connectivity index (χ2n) is 4.34. The van der Waals surface area contributed by atoms with Crippen LogP contribution in [0.25, 0.3) is 0 Å². The Morgan fingerprint density at radius 2 is 2.14 bits per heavy atom. The van der Waals surface area contributed by atoms with Crippen molar-refractivity contribution in [2.24, 2.45) is 0 Å². The molecule has 0 saturated heterocycles. The highest BCUT2D eigenvalue weighted by atomic mass is 79.9. The van der Waals surface area contributed by atoms with E-state index in [0.717, 1.165) is 0 Å². The minimum Gasteiger partial charge on any atom is -0.478 e. The summed E-state index contributed by atoms with van der Waals surface area (Å²) in [6.45, 7) is 3.49. The Bertz CT molecular complexity index is 709. The molecule has 0 aliphatic rings. The molecule has 0 bridgehead atoms. The van der Waals surface area contributed by atoms with Gasteiger partial charge in [-0.3, -0.25) is 4.79 Å². The van der Waals surface area contributed by atoms with Crippen molar-refractivity contribution >= 4 is 33.5 Å². The summed E-state index contributed by atoms with van der Waals surface area (Å²) in [5.41, 5.74) is 1.08. The number of aromatic carboxylic acids is 1. The number of aryl methyl sites for hydroxylation is 2. The van der Waals surface area contributed by atoms with E-state index in [-0.39, 0.29) is 11.3 Å². The van der Waals surface area contributed by atoms with E-state index in [2.05, 4.69) is 26.4 Å². The molecule has 1 aromatic carbocycles. The summed E-state index contributed by atoms with van der Waals surface area (Å²) < 4.78 is 5.50. The number of nitrogens with one attached hydrogen (secondary N) is 1. The van der Waals surface area contributed by atoms with Crippen molar-refractivity contribution in [2.75, 3.05) is 5.32 Å². The predicted octanol–water partition coefficient (Wildman–Crippen LogP) is 3.26. The summed E-state index contributed by atoms with van der Waals surface area (Å²) >= 11 is 3.24. The number of para-hydroxylation sites is 1. The number of carboxylic acid groups (broad SMARTS) is 1. The number of hydrogen-bond acceptors (Lipinski definition) is 4. The van der Waals surface area contributed by atoms with Gasteiger partial charge < -0.3 is 14.9 Å². The molecule has 2 rings (SSSR count). The molecule has 0 aliphatic heterocycles. The Labute approximate surface area is 129 Å². The van der Waals surface area contributed by atoms with Gasteiger partial charge in [0.15, 0.2) is 0 Å². The van der Waals surface area contributed by atoms with Gasteiger partial charge >= 0.3 is 5.97 Å². The maximum Gasteiger partial charge on any atom is 0.337 e. The molecule has 0 atom stereocenters. The van der Waals surface area contributed by atoms with Crippen molar-refractivity contribution < 1.29 is 19.2 Å². The van der Waals surface area contributed by atoms with Crippen molar-refractivity contribution in [3.05, 3.63) is 45.3 Å². The molecule has 21 heavy (non-hydrogen) atoms. The second kappa shape index (κ2) is 6.09. The Morgan fingerprint density at radius 1 is 1.43 bits per heavy atom. The van der Waals surface area contributed by atoms with Crippen molar-refractivity contribution in [1.29, 1.82) is 0 Å². The third-order valence-electron chi connectivity index (χ3n) is 2.98. The molecule has 6 nitrogen and oxygen atoms in total. The van der Waals surface area contributed by atoms with Crippen LogP contribution in [-0.4, -0.2) is 22.1 Å². The van der Waals surface area contributed by atoms with Gasteiger partial charge in [-0.1, -0.05) is 18.1 Å². The van der Waals surface area contributed by atoms with Crippen LogP contribution in [0.2, 0.25) is 0 Å². The zero-order valence-electron chi connectivity index (χ0n) is 11.4. The van der Waals surface area contributed by atoms with Crippen LogP contribution in [0.3, 0.4) is 0 Å². The van der Waals surface area contributed by atoms with E-state index in [1.54, 1.807) is 19.1 Å². The Morgan fingerprint density at radius 3 is 2.76 bits per heavy atom. The fourth-order valence-corrected chi connectivity index (χ4v) is 2.42. The summed E-state index contributed by atoms with van der Waals surface area (Å²) in [6.07, 6.45) is 0.543. The molecule has 1 amide bonds. The Kier molecular flexibility index (Phi) is 4.42. The van der Waals surface area contributed by atoms with Gasteiger partial charge in [0.1, 0.15) is 11.3 Å². The molecule has 1 aromatic heterocycles. The molecule has 0 fully saturated rings. The zero-order valence-corrected chi connectivity index (χ0v) is 13.0. The average Bonchev–Trinajstić information content (AvgIpc) is 2.81. The lowest BCUT2D eigenvalue weighted by molar-refractivity contribution is 0.0698. The smallest absolute Gasteiger partial charge is 0.337 e. The number of amides is 1. The minimum atomic E-state index is -1.12. The van der Waals surface area contributed by atoms with Crippen LogP contribution in [0.5, 0.6) is 0 Å². The lowest BCUT2D eigenvalue weighted by atomic mass is 10.1. The highest BCUT2D eigenvalue weighted by molar-refractivity contribution is 9.10. The standard InChI is InChI=1S/C14H13BrN2O4/c1-3-10-11(7(2)21-17-10)13(18)16-12-8(14(19)20)5-4-6-9(12)15/h4-6H,3H2,1-2H3,(H,16,18)(H,19,20). The number of carboxylic acids is 1. The molecule has 0 spiro atoms. The number of benzene rings is 1. The maximum absolute atomic E-state index is 12.4. The molecular weight excluding hydrogens is 340 g/mol. The van der Waals surface area contributed by atoms with E-state index >= 15 is 0 Å². The highest BCUT2D eigenvalue weighted by Crippen LogP contribution is 2.28. The largest absolute Gasteiger partial charge is 0.478 e. The molecule has 0 aliphatic carbocycles. The van der Waals surface area contributed by atoms with Crippen LogP contribution in [0.1, 0.15) is 39.1 Å². The summed E-state index contributed by atoms with van der Waals surface area (Å²) in [7, 11) is 0. The SMILES string of the molecule is CCc1noc(C)c1C(=O)Nc1c(Br)cccc1C(=O)O. The average molecular weight is 353 g/mol. The van der Waals surface area contributed by atoms with Gasteiger partial charge in [0.25, 0.3) is 5.91 Å². The number of nitrogens with zero attached hydrogens (tertiary/aromatic N) is 1. The summed E-state index contributed by atoms with van der Waals surface area (Å²) in [5.74, 6) is -1.17. The molecule has 0 saturated carbocycles.